The van der Waals surface area contributed by atoms with Crippen molar-refractivity contribution >= 4 is 23.3 Å². The van der Waals surface area contributed by atoms with Gasteiger partial charge in [-0.3, -0.25) is 4.79 Å². The molecule has 166 valence electrons. The Morgan fingerprint density at radius 2 is 2.00 bits per heavy atom. The molecule has 0 radical (unpaired) electrons. The minimum Gasteiger partial charge on any atom is -0.492 e. The number of likely N-dealkylation sites (N-methyl/N-ethyl adjacent to an activating group) is 1. The lowest BCUT2D eigenvalue weighted by Crippen LogP contribution is -2.31. The van der Waals surface area contributed by atoms with E-state index in [1.165, 1.54) is 0 Å². The van der Waals surface area contributed by atoms with Crippen molar-refractivity contribution in [3.63, 3.8) is 0 Å². The molecule has 0 fully saturated rings. The molecule has 0 saturated carbocycles. The summed E-state index contributed by atoms with van der Waals surface area (Å²) in [5, 5.41) is 4.08. The molecular formula is C20H21ClF3N5O2. The van der Waals surface area contributed by atoms with Crippen molar-refractivity contribution in [2.75, 3.05) is 20.2 Å². The molecule has 1 amide bonds. The fourth-order valence-electron chi connectivity index (χ4n) is 3.09. The number of nitrogens with zero attached hydrogens (tertiary/aromatic N) is 5. The Balaban J connectivity index is 1.61. The fourth-order valence-corrected chi connectivity index (χ4v) is 3.28. The van der Waals surface area contributed by atoms with Crippen LogP contribution in [0.2, 0.25) is 5.02 Å². The number of fused-ring (bicyclic) bond motifs is 1. The minimum atomic E-state index is -4.65. The van der Waals surface area contributed by atoms with Crippen LogP contribution in [0.4, 0.5) is 13.2 Å². The largest absolute Gasteiger partial charge is 0.492 e. The molecular weight excluding hydrogens is 435 g/mol. The lowest BCUT2D eigenvalue weighted by atomic mass is 10.1. The van der Waals surface area contributed by atoms with E-state index in [4.69, 9.17) is 16.3 Å². The zero-order chi connectivity index (χ0) is 22.8. The number of hydrogen-bond acceptors (Lipinski definition) is 5. The summed E-state index contributed by atoms with van der Waals surface area (Å²) in [6.07, 6.45) is -4.16. The topological polar surface area (TPSA) is 72.6 Å². The number of amides is 1. The first-order valence-electron chi connectivity index (χ1n) is 9.48. The summed E-state index contributed by atoms with van der Waals surface area (Å²) >= 11 is 5.91. The molecule has 0 aliphatic carbocycles. The Bertz CT molecular complexity index is 1100. The molecule has 0 spiro atoms. The van der Waals surface area contributed by atoms with Crippen LogP contribution in [0, 0.1) is 13.8 Å². The van der Waals surface area contributed by atoms with Crippen LogP contribution in [0.25, 0.3) is 5.78 Å². The van der Waals surface area contributed by atoms with Crippen LogP contribution in [0.3, 0.4) is 0 Å². The normalized spacial score (nSPS) is 11.7. The van der Waals surface area contributed by atoms with Crippen LogP contribution in [0.5, 0.6) is 5.75 Å². The highest BCUT2D eigenvalue weighted by atomic mass is 35.5. The second kappa shape index (κ2) is 9.09. The predicted octanol–water partition coefficient (Wildman–Crippen LogP) is 3.88. The van der Waals surface area contributed by atoms with Crippen molar-refractivity contribution in [3.05, 3.63) is 52.1 Å². The molecule has 0 aliphatic heterocycles. The second-order valence-electron chi connectivity index (χ2n) is 7.03. The van der Waals surface area contributed by atoms with Gasteiger partial charge in [0.1, 0.15) is 12.4 Å². The monoisotopic (exact) mass is 455 g/mol. The number of hydrogen-bond donors (Lipinski definition) is 0. The first-order chi connectivity index (χ1) is 14.6. The lowest BCUT2D eigenvalue weighted by Gasteiger charge is -2.18. The molecule has 3 aromatic rings. The number of rotatable bonds is 7. The Hall–Kier alpha value is -2.88. The highest BCUT2D eigenvalue weighted by molar-refractivity contribution is 6.30. The molecule has 2 aromatic heterocycles. The number of carbonyl (C=O) groups excluding carboxylic acids is 1. The van der Waals surface area contributed by atoms with Crippen molar-refractivity contribution < 1.29 is 22.7 Å². The van der Waals surface area contributed by atoms with Crippen LogP contribution in [0.15, 0.2) is 24.3 Å². The van der Waals surface area contributed by atoms with Gasteiger partial charge < -0.3 is 9.64 Å². The second-order valence-corrected chi connectivity index (χ2v) is 7.46. The molecule has 0 unspecified atom stereocenters. The van der Waals surface area contributed by atoms with Gasteiger partial charge in [0.05, 0.1) is 6.54 Å². The van der Waals surface area contributed by atoms with Crippen LogP contribution < -0.4 is 4.74 Å². The van der Waals surface area contributed by atoms with Crippen molar-refractivity contribution in [3.8, 4) is 5.75 Å². The summed E-state index contributed by atoms with van der Waals surface area (Å²) in [6.45, 7) is 3.99. The van der Waals surface area contributed by atoms with Gasteiger partial charge in [-0.2, -0.15) is 18.2 Å². The Labute approximate surface area is 181 Å². The maximum atomic E-state index is 12.9. The molecule has 0 saturated heterocycles. The highest BCUT2D eigenvalue weighted by Gasteiger charge is 2.37. The summed E-state index contributed by atoms with van der Waals surface area (Å²) in [5.74, 6) is -0.865. The van der Waals surface area contributed by atoms with Gasteiger partial charge in [-0.05, 0) is 44.0 Å². The third-order valence-corrected chi connectivity index (χ3v) is 5.04. The number of benzene rings is 1. The van der Waals surface area contributed by atoms with E-state index in [0.717, 1.165) is 4.52 Å². The molecule has 11 heteroatoms. The smallest absolute Gasteiger partial charge is 0.453 e. The average molecular weight is 456 g/mol. The maximum absolute atomic E-state index is 12.9. The van der Waals surface area contributed by atoms with Gasteiger partial charge >= 0.3 is 6.18 Å². The SMILES string of the molecule is Cc1nc2nc(C(F)(F)F)nn2c(C)c1CCC(=O)N(C)CCOc1cccc(Cl)c1. The Kier molecular flexibility index (Phi) is 6.68. The van der Waals surface area contributed by atoms with Gasteiger partial charge in [0.2, 0.25) is 5.91 Å². The number of halogens is 4. The zero-order valence-electron chi connectivity index (χ0n) is 17.2. The number of carbonyl (C=O) groups is 1. The average Bonchev–Trinajstić information content (AvgIpc) is 3.12. The quantitative estimate of drug-likeness (QED) is 0.540. The minimum absolute atomic E-state index is 0.118. The number of alkyl halides is 3. The molecule has 0 N–H and O–H groups in total. The fraction of sp³-hybridized carbons (Fsp3) is 0.400. The van der Waals surface area contributed by atoms with Crippen LogP contribution >= 0.6 is 11.6 Å². The molecule has 3 rings (SSSR count). The molecule has 2 heterocycles. The number of aromatic nitrogens is 4. The Morgan fingerprint density at radius 1 is 1.26 bits per heavy atom. The van der Waals surface area contributed by atoms with E-state index in [-0.39, 0.29) is 18.1 Å². The number of aryl methyl sites for hydroxylation is 2. The standard InChI is InChI=1S/C20H21ClF3N5O2/c1-12-16(13(2)29-19(25-12)26-18(27-29)20(22,23)24)7-8-17(30)28(3)9-10-31-15-6-4-5-14(21)11-15/h4-6,11H,7-10H2,1-3H3. The first-order valence-corrected chi connectivity index (χ1v) is 9.86. The molecule has 31 heavy (non-hydrogen) atoms. The van der Waals surface area contributed by atoms with E-state index >= 15 is 0 Å². The van der Waals surface area contributed by atoms with Gasteiger partial charge in [0.25, 0.3) is 11.6 Å². The van der Waals surface area contributed by atoms with Gasteiger partial charge in [-0.25, -0.2) is 9.50 Å². The molecule has 0 atom stereocenters. The Morgan fingerprint density at radius 3 is 2.68 bits per heavy atom. The van der Waals surface area contributed by atoms with Gasteiger partial charge in [-0.1, -0.05) is 17.7 Å². The molecule has 0 aliphatic rings. The van der Waals surface area contributed by atoms with Crippen LogP contribution in [0.1, 0.15) is 29.2 Å². The van der Waals surface area contributed by atoms with Crippen molar-refractivity contribution in [2.45, 2.75) is 32.9 Å². The zero-order valence-corrected chi connectivity index (χ0v) is 18.0. The van der Waals surface area contributed by atoms with E-state index in [0.29, 0.717) is 47.3 Å². The van der Waals surface area contributed by atoms with E-state index in [2.05, 4.69) is 15.1 Å². The summed E-state index contributed by atoms with van der Waals surface area (Å²) in [4.78, 5) is 21.6. The third-order valence-electron chi connectivity index (χ3n) is 4.81. The van der Waals surface area contributed by atoms with E-state index in [1.54, 1.807) is 50.1 Å². The lowest BCUT2D eigenvalue weighted by molar-refractivity contribution is -0.144. The summed E-state index contributed by atoms with van der Waals surface area (Å²) in [6, 6.07) is 6.97. The summed E-state index contributed by atoms with van der Waals surface area (Å²) in [5.41, 5.74) is 1.67. The molecule has 0 bridgehead atoms. The summed E-state index contributed by atoms with van der Waals surface area (Å²) in [7, 11) is 1.66. The van der Waals surface area contributed by atoms with Gasteiger partial charge in [-0.15, -0.1) is 5.10 Å². The predicted molar refractivity (Wildman–Crippen MR) is 108 cm³/mol. The number of ether oxygens (including phenoxy) is 1. The third kappa shape index (κ3) is 5.43. The molecule has 7 nitrogen and oxygen atoms in total. The van der Waals surface area contributed by atoms with E-state index < -0.39 is 12.0 Å². The van der Waals surface area contributed by atoms with Crippen molar-refractivity contribution in [2.24, 2.45) is 0 Å². The maximum Gasteiger partial charge on any atom is 0.453 e. The van der Waals surface area contributed by atoms with Gasteiger partial charge in [0, 0.05) is 29.9 Å². The van der Waals surface area contributed by atoms with Crippen LogP contribution in [-0.2, 0) is 17.4 Å². The summed E-state index contributed by atoms with van der Waals surface area (Å²) < 4.78 is 45.4. The van der Waals surface area contributed by atoms with E-state index in [9.17, 15) is 18.0 Å². The van der Waals surface area contributed by atoms with Crippen LogP contribution in [-0.4, -0.2) is 50.6 Å². The van der Waals surface area contributed by atoms with E-state index in [1.807, 2.05) is 0 Å². The molecule has 1 aromatic carbocycles. The highest BCUT2D eigenvalue weighted by Crippen LogP contribution is 2.27. The van der Waals surface area contributed by atoms with Crippen molar-refractivity contribution in [1.29, 1.82) is 0 Å². The van der Waals surface area contributed by atoms with Crippen molar-refractivity contribution in [1.82, 2.24) is 24.5 Å². The van der Waals surface area contributed by atoms with Gasteiger partial charge in [0.15, 0.2) is 0 Å². The first kappa shape index (κ1) is 22.8.